The maximum Gasteiger partial charge on any atom is 0.273 e. The van der Waals surface area contributed by atoms with Gasteiger partial charge < -0.3 is 0 Å². The van der Waals surface area contributed by atoms with Crippen LogP contribution < -0.4 is 4.72 Å². The normalized spacial score (nSPS) is 12.3. The van der Waals surface area contributed by atoms with Gasteiger partial charge in [-0.25, -0.2) is 26.2 Å². The van der Waals surface area contributed by atoms with Crippen LogP contribution >= 0.6 is 22.9 Å². The molecular weight excluding hydrogens is 363 g/mol. The molecule has 0 amide bonds. The summed E-state index contributed by atoms with van der Waals surface area (Å²) >= 11 is 6.24. The Morgan fingerprint density at radius 1 is 1.29 bits per heavy atom. The predicted molar refractivity (Wildman–Crippen MR) is 77.4 cm³/mol. The highest BCUT2D eigenvalue weighted by atomic mass is 35.5. The first-order chi connectivity index (χ1) is 9.59. The lowest BCUT2D eigenvalue weighted by Gasteiger charge is -2.08. The molecule has 0 unspecified atom stereocenters. The number of halogens is 2. The van der Waals surface area contributed by atoms with E-state index < -0.39 is 31.4 Å². The van der Waals surface area contributed by atoms with E-state index in [1.807, 2.05) is 4.72 Å². The lowest BCUT2D eigenvalue weighted by Crippen LogP contribution is -2.13. The molecule has 1 aromatic heterocycles. The molecule has 1 heterocycles. The van der Waals surface area contributed by atoms with Crippen molar-refractivity contribution in [2.45, 2.75) is 9.10 Å². The SMILES string of the molecule is CS(=O)(=O)c1ccc(F)c(NS(=O)(=O)c2cnc(Cl)s2)c1. The van der Waals surface area contributed by atoms with E-state index in [9.17, 15) is 21.2 Å². The summed E-state index contributed by atoms with van der Waals surface area (Å²) in [5.41, 5.74) is -0.470. The van der Waals surface area contributed by atoms with Crippen LogP contribution in [0.1, 0.15) is 0 Å². The van der Waals surface area contributed by atoms with E-state index >= 15 is 0 Å². The Morgan fingerprint density at radius 2 is 1.95 bits per heavy atom. The van der Waals surface area contributed by atoms with Gasteiger partial charge in [-0.2, -0.15) is 0 Å². The van der Waals surface area contributed by atoms with Crippen LogP contribution in [-0.2, 0) is 19.9 Å². The third kappa shape index (κ3) is 3.70. The van der Waals surface area contributed by atoms with E-state index in [0.717, 1.165) is 30.7 Å². The average Bonchev–Trinajstić information content (AvgIpc) is 2.78. The summed E-state index contributed by atoms with van der Waals surface area (Å²) in [7, 11) is -7.68. The van der Waals surface area contributed by atoms with Crippen molar-refractivity contribution >= 4 is 48.5 Å². The molecule has 0 atom stereocenters. The maximum absolute atomic E-state index is 13.6. The van der Waals surface area contributed by atoms with E-state index in [-0.39, 0.29) is 13.6 Å². The van der Waals surface area contributed by atoms with Crippen molar-refractivity contribution in [1.82, 2.24) is 4.98 Å². The molecule has 11 heteroatoms. The van der Waals surface area contributed by atoms with Gasteiger partial charge in [0.1, 0.15) is 5.82 Å². The largest absolute Gasteiger partial charge is 0.276 e. The number of nitrogens with one attached hydrogen (secondary N) is 1. The van der Waals surface area contributed by atoms with Gasteiger partial charge in [0.2, 0.25) is 0 Å². The molecule has 21 heavy (non-hydrogen) atoms. The van der Waals surface area contributed by atoms with Crippen molar-refractivity contribution in [2.24, 2.45) is 0 Å². The molecule has 0 fully saturated rings. The topological polar surface area (TPSA) is 93.2 Å². The summed E-state index contributed by atoms with van der Waals surface area (Å²) in [6.07, 6.45) is 1.95. The molecule has 0 radical (unpaired) electrons. The van der Waals surface area contributed by atoms with E-state index in [0.29, 0.717) is 11.3 Å². The molecule has 0 spiro atoms. The fourth-order valence-corrected chi connectivity index (χ4v) is 4.37. The van der Waals surface area contributed by atoms with Crippen molar-refractivity contribution in [3.8, 4) is 0 Å². The maximum atomic E-state index is 13.6. The van der Waals surface area contributed by atoms with Gasteiger partial charge in [0, 0.05) is 6.26 Å². The third-order valence-electron chi connectivity index (χ3n) is 2.33. The van der Waals surface area contributed by atoms with Crippen LogP contribution in [0.3, 0.4) is 0 Å². The lowest BCUT2D eigenvalue weighted by atomic mass is 10.3. The number of nitrogens with zero attached hydrogens (tertiary/aromatic N) is 1. The van der Waals surface area contributed by atoms with Crippen LogP contribution in [0.5, 0.6) is 0 Å². The Balaban J connectivity index is 2.44. The van der Waals surface area contributed by atoms with Gasteiger partial charge in [-0.15, -0.1) is 0 Å². The van der Waals surface area contributed by atoms with Crippen LogP contribution in [0.2, 0.25) is 4.47 Å². The smallest absolute Gasteiger partial charge is 0.273 e. The Morgan fingerprint density at radius 3 is 2.48 bits per heavy atom. The molecule has 2 aromatic rings. The molecule has 114 valence electrons. The zero-order chi connectivity index (χ0) is 15.8. The Hall–Kier alpha value is -1.23. The Bertz CT molecular complexity index is 893. The first-order valence-corrected chi connectivity index (χ1v) is 9.80. The first kappa shape index (κ1) is 16.1. The van der Waals surface area contributed by atoms with Crippen LogP contribution in [-0.4, -0.2) is 28.1 Å². The van der Waals surface area contributed by atoms with Gasteiger partial charge >= 0.3 is 0 Å². The number of thiazole rings is 1. The van der Waals surface area contributed by atoms with E-state index in [1.165, 1.54) is 0 Å². The molecular formula is C10H8ClFN2O4S3. The number of rotatable bonds is 4. The van der Waals surface area contributed by atoms with Crippen molar-refractivity contribution < 1.29 is 21.2 Å². The van der Waals surface area contributed by atoms with E-state index in [1.54, 1.807) is 0 Å². The van der Waals surface area contributed by atoms with Gasteiger partial charge in [-0.1, -0.05) is 22.9 Å². The Kier molecular flexibility index (Phi) is 4.24. The van der Waals surface area contributed by atoms with Crippen LogP contribution in [0, 0.1) is 5.82 Å². The number of sulfone groups is 1. The Labute approximate surface area is 129 Å². The second kappa shape index (κ2) is 5.52. The number of benzene rings is 1. The number of anilines is 1. The first-order valence-electron chi connectivity index (χ1n) is 5.23. The molecule has 0 saturated heterocycles. The zero-order valence-electron chi connectivity index (χ0n) is 10.4. The molecule has 2 rings (SSSR count). The van der Waals surface area contributed by atoms with E-state index in [2.05, 4.69) is 4.98 Å². The number of hydrogen-bond acceptors (Lipinski definition) is 6. The van der Waals surface area contributed by atoms with Crippen molar-refractivity contribution in [1.29, 1.82) is 0 Å². The standard InChI is InChI=1S/C10H8ClFN2O4S3/c1-20(15,16)6-2-3-7(12)8(4-6)14-21(17,18)9-5-13-10(11)19-9/h2-5,14H,1H3. The monoisotopic (exact) mass is 370 g/mol. The minimum Gasteiger partial charge on any atom is -0.276 e. The fourth-order valence-electron chi connectivity index (χ4n) is 1.37. The fraction of sp³-hybridized carbons (Fsp3) is 0.100. The summed E-state index contributed by atoms with van der Waals surface area (Å²) in [4.78, 5) is 3.37. The van der Waals surface area contributed by atoms with Gasteiger partial charge in [-0.05, 0) is 18.2 Å². The number of sulfonamides is 1. The van der Waals surface area contributed by atoms with Crippen molar-refractivity contribution in [2.75, 3.05) is 11.0 Å². The zero-order valence-corrected chi connectivity index (χ0v) is 13.6. The third-order valence-corrected chi connectivity index (χ3v) is 6.38. The highest BCUT2D eigenvalue weighted by Crippen LogP contribution is 2.26. The second-order valence-corrected chi connectivity index (χ2v) is 9.49. The van der Waals surface area contributed by atoms with Crippen LogP contribution in [0.4, 0.5) is 10.1 Å². The van der Waals surface area contributed by atoms with E-state index in [4.69, 9.17) is 11.6 Å². The molecule has 0 aliphatic rings. The summed E-state index contributed by atoms with van der Waals surface area (Å²) in [5.74, 6) is -0.901. The number of hydrogen-bond donors (Lipinski definition) is 1. The summed E-state index contributed by atoms with van der Waals surface area (Å²) in [5, 5.41) is 0. The molecule has 1 aromatic carbocycles. The predicted octanol–water partition coefficient (Wildman–Crippen LogP) is 2.14. The molecule has 0 bridgehead atoms. The van der Waals surface area contributed by atoms with Gasteiger partial charge in [0.25, 0.3) is 10.0 Å². The van der Waals surface area contributed by atoms with Gasteiger partial charge in [-0.3, -0.25) is 4.72 Å². The van der Waals surface area contributed by atoms with Gasteiger partial charge in [0.15, 0.2) is 18.5 Å². The van der Waals surface area contributed by atoms with Crippen molar-refractivity contribution in [3.05, 3.63) is 34.7 Å². The number of aromatic nitrogens is 1. The highest BCUT2D eigenvalue weighted by molar-refractivity contribution is 7.94. The minimum atomic E-state index is -4.09. The quantitative estimate of drug-likeness (QED) is 0.832. The average molecular weight is 371 g/mol. The molecule has 0 aliphatic heterocycles. The van der Waals surface area contributed by atoms with Gasteiger partial charge in [0.05, 0.1) is 16.8 Å². The van der Waals surface area contributed by atoms with Crippen LogP contribution in [0.25, 0.3) is 0 Å². The molecule has 6 nitrogen and oxygen atoms in total. The summed E-state index contributed by atoms with van der Waals surface area (Å²) < 4.78 is 62.3. The highest BCUT2D eigenvalue weighted by Gasteiger charge is 2.20. The van der Waals surface area contributed by atoms with Crippen molar-refractivity contribution in [3.63, 3.8) is 0 Å². The molecule has 1 N–H and O–H groups in total. The second-order valence-electron chi connectivity index (χ2n) is 3.95. The molecule has 0 aliphatic carbocycles. The summed E-state index contributed by atoms with van der Waals surface area (Å²) in [6, 6.07) is 2.82. The molecule has 0 saturated carbocycles. The lowest BCUT2D eigenvalue weighted by molar-refractivity contribution is 0.596. The minimum absolute atomic E-state index is 0.0146. The van der Waals surface area contributed by atoms with Crippen LogP contribution in [0.15, 0.2) is 33.5 Å². The summed E-state index contributed by atoms with van der Waals surface area (Å²) in [6.45, 7) is 0.